The number of nitrogens with zero attached hydrogens (tertiary/aromatic N) is 4. The minimum atomic E-state index is -0.330. The van der Waals surface area contributed by atoms with Crippen molar-refractivity contribution in [3.8, 4) is 17.3 Å². The van der Waals surface area contributed by atoms with Crippen molar-refractivity contribution in [2.75, 3.05) is 32.8 Å². The molecule has 0 spiro atoms. The van der Waals surface area contributed by atoms with E-state index >= 15 is 0 Å². The minimum Gasteiger partial charge on any atom is -0.449 e. The topological polar surface area (TPSA) is 86.5 Å². The molecule has 33 heavy (non-hydrogen) atoms. The predicted octanol–water partition coefficient (Wildman–Crippen LogP) is 4.73. The highest BCUT2D eigenvalue weighted by molar-refractivity contribution is 6.35. The molecule has 7 nitrogen and oxygen atoms in total. The van der Waals surface area contributed by atoms with E-state index in [-0.39, 0.29) is 12.0 Å². The fraction of sp³-hybridized carbons (Fsp3) is 0.280. The number of piperazine rings is 1. The number of benzene rings is 2. The van der Waals surface area contributed by atoms with Gasteiger partial charge in [-0.15, -0.1) is 0 Å². The summed E-state index contributed by atoms with van der Waals surface area (Å²) >= 11 is 6.50. The first-order chi connectivity index (χ1) is 16.0. The number of amides is 2. The average molecular weight is 463 g/mol. The normalized spacial score (nSPS) is 13.6. The second-order valence-corrected chi connectivity index (χ2v) is 8.21. The van der Waals surface area contributed by atoms with Crippen molar-refractivity contribution in [2.45, 2.75) is 13.3 Å². The van der Waals surface area contributed by atoms with Gasteiger partial charge in [-0.25, -0.2) is 9.78 Å². The summed E-state index contributed by atoms with van der Waals surface area (Å²) in [4.78, 5) is 33.2. The number of hydrogen-bond donors (Lipinski definition) is 0. The smallest absolute Gasteiger partial charge is 0.409 e. The summed E-state index contributed by atoms with van der Waals surface area (Å²) in [5.41, 5.74) is 3.21. The van der Waals surface area contributed by atoms with Gasteiger partial charge in [0.2, 0.25) is 0 Å². The Morgan fingerprint density at radius 3 is 2.42 bits per heavy atom. The van der Waals surface area contributed by atoms with E-state index in [1.807, 2.05) is 19.1 Å². The zero-order valence-electron chi connectivity index (χ0n) is 18.3. The first kappa shape index (κ1) is 22.6. The monoisotopic (exact) mass is 462 g/mol. The third-order valence-electron chi connectivity index (χ3n) is 5.57. The maximum absolute atomic E-state index is 13.1. The molecule has 1 aromatic heterocycles. The Bertz CT molecular complexity index is 1230. The van der Waals surface area contributed by atoms with Crippen LogP contribution in [0.3, 0.4) is 0 Å². The molecule has 168 valence electrons. The van der Waals surface area contributed by atoms with Crippen LogP contribution in [-0.4, -0.2) is 59.6 Å². The quantitative estimate of drug-likeness (QED) is 0.559. The molecule has 0 bridgehead atoms. The van der Waals surface area contributed by atoms with Crippen LogP contribution < -0.4 is 0 Å². The molecule has 0 saturated carbocycles. The Balaban J connectivity index is 1.53. The number of rotatable bonds is 4. The van der Waals surface area contributed by atoms with Crippen LogP contribution in [0, 0.1) is 11.3 Å². The summed E-state index contributed by atoms with van der Waals surface area (Å²) in [6, 6.07) is 16.3. The first-order valence-corrected chi connectivity index (χ1v) is 11.2. The Kier molecular flexibility index (Phi) is 6.76. The van der Waals surface area contributed by atoms with E-state index in [4.69, 9.17) is 26.6 Å². The molecule has 1 aliphatic rings. The van der Waals surface area contributed by atoms with E-state index < -0.39 is 0 Å². The molecular weight excluding hydrogens is 440 g/mol. The minimum absolute atomic E-state index is 0.111. The van der Waals surface area contributed by atoms with E-state index in [1.165, 1.54) is 0 Å². The second kappa shape index (κ2) is 9.88. The molecule has 3 aromatic rings. The summed E-state index contributed by atoms with van der Waals surface area (Å²) < 4.78 is 5.18. The maximum Gasteiger partial charge on any atom is 0.409 e. The third kappa shape index (κ3) is 4.91. The Morgan fingerprint density at radius 1 is 1.06 bits per heavy atom. The van der Waals surface area contributed by atoms with Crippen LogP contribution in [-0.2, 0) is 4.74 Å². The van der Waals surface area contributed by atoms with Gasteiger partial charge in [0, 0.05) is 42.7 Å². The number of aromatic nitrogens is 1. The van der Waals surface area contributed by atoms with Gasteiger partial charge in [0.15, 0.2) is 0 Å². The molecular formula is C25H23ClN4O3. The SMILES string of the molecule is CCCOC(=O)N1CCN(C(=O)c2ccc3c(Cl)cc(-c4ccc(C#N)cc4)nc3c2)CC1. The van der Waals surface area contributed by atoms with Crippen molar-refractivity contribution in [3.05, 3.63) is 64.7 Å². The lowest BCUT2D eigenvalue weighted by atomic mass is 10.1. The number of pyridine rings is 1. The van der Waals surface area contributed by atoms with Crippen molar-refractivity contribution in [1.29, 1.82) is 5.26 Å². The van der Waals surface area contributed by atoms with Gasteiger partial charge in [0.1, 0.15) is 0 Å². The Hall–Kier alpha value is -3.63. The molecule has 2 aromatic carbocycles. The van der Waals surface area contributed by atoms with Gasteiger partial charge in [-0.3, -0.25) is 4.79 Å². The average Bonchev–Trinajstić information content (AvgIpc) is 2.86. The summed E-state index contributed by atoms with van der Waals surface area (Å²) in [5.74, 6) is -0.111. The molecule has 1 fully saturated rings. The Labute approximate surface area is 197 Å². The molecule has 1 saturated heterocycles. The van der Waals surface area contributed by atoms with Crippen LogP contribution >= 0.6 is 11.6 Å². The fourth-order valence-corrected chi connectivity index (χ4v) is 4.00. The molecule has 0 aliphatic carbocycles. The maximum atomic E-state index is 13.1. The standard InChI is InChI=1S/C25H23ClN4O3/c1-2-13-33-25(32)30-11-9-29(10-12-30)24(31)19-7-8-20-21(26)15-22(28-23(20)14-19)18-5-3-17(16-27)4-6-18/h3-8,14-15H,2,9-13H2,1H3. The molecule has 8 heteroatoms. The van der Waals surface area contributed by atoms with E-state index in [9.17, 15) is 9.59 Å². The molecule has 0 unspecified atom stereocenters. The van der Waals surface area contributed by atoms with E-state index in [1.54, 1.807) is 46.2 Å². The molecule has 0 atom stereocenters. The number of carbonyl (C=O) groups is 2. The molecule has 2 heterocycles. The lowest BCUT2D eigenvalue weighted by Crippen LogP contribution is -2.50. The van der Waals surface area contributed by atoms with Crippen molar-refractivity contribution >= 4 is 34.5 Å². The van der Waals surface area contributed by atoms with Crippen molar-refractivity contribution in [3.63, 3.8) is 0 Å². The van der Waals surface area contributed by atoms with Gasteiger partial charge >= 0.3 is 6.09 Å². The molecule has 0 radical (unpaired) electrons. The zero-order chi connectivity index (χ0) is 23.4. The van der Waals surface area contributed by atoms with Gasteiger partial charge in [-0.2, -0.15) is 5.26 Å². The predicted molar refractivity (Wildman–Crippen MR) is 126 cm³/mol. The molecule has 0 N–H and O–H groups in total. The molecule has 4 rings (SSSR count). The summed E-state index contributed by atoms with van der Waals surface area (Å²) in [5, 5.41) is 10.3. The van der Waals surface area contributed by atoms with Crippen LogP contribution in [0.5, 0.6) is 0 Å². The van der Waals surface area contributed by atoms with Crippen LogP contribution in [0.15, 0.2) is 48.5 Å². The van der Waals surface area contributed by atoms with E-state index in [0.29, 0.717) is 60.1 Å². The van der Waals surface area contributed by atoms with Crippen LogP contribution in [0.1, 0.15) is 29.3 Å². The van der Waals surface area contributed by atoms with Crippen LogP contribution in [0.25, 0.3) is 22.2 Å². The fourth-order valence-electron chi connectivity index (χ4n) is 3.74. The summed E-state index contributed by atoms with van der Waals surface area (Å²) in [6.07, 6.45) is 0.445. The lowest BCUT2D eigenvalue weighted by Gasteiger charge is -2.34. The summed E-state index contributed by atoms with van der Waals surface area (Å²) in [7, 11) is 0. The van der Waals surface area contributed by atoms with E-state index in [0.717, 1.165) is 17.4 Å². The summed E-state index contributed by atoms with van der Waals surface area (Å²) in [6.45, 7) is 4.11. The van der Waals surface area contributed by atoms with Crippen molar-refractivity contribution in [2.24, 2.45) is 0 Å². The van der Waals surface area contributed by atoms with Gasteiger partial charge in [0.05, 0.1) is 34.5 Å². The zero-order valence-corrected chi connectivity index (χ0v) is 19.0. The van der Waals surface area contributed by atoms with Gasteiger partial charge in [-0.1, -0.05) is 36.7 Å². The highest BCUT2D eigenvalue weighted by Gasteiger charge is 2.26. The van der Waals surface area contributed by atoms with E-state index in [2.05, 4.69) is 6.07 Å². The third-order valence-corrected chi connectivity index (χ3v) is 5.88. The number of ether oxygens (including phenoxy) is 1. The number of halogens is 1. The van der Waals surface area contributed by atoms with Gasteiger partial charge < -0.3 is 14.5 Å². The van der Waals surface area contributed by atoms with Gasteiger partial charge in [-0.05, 0) is 36.8 Å². The van der Waals surface area contributed by atoms with Crippen LogP contribution in [0.2, 0.25) is 5.02 Å². The number of hydrogen-bond acceptors (Lipinski definition) is 5. The number of nitriles is 1. The molecule has 2 amide bonds. The largest absolute Gasteiger partial charge is 0.449 e. The molecule has 1 aliphatic heterocycles. The highest BCUT2D eigenvalue weighted by atomic mass is 35.5. The van der Waals surface area contributed by atoms with Crippen LogP contribution in [0.4, 0.5) is 4.79 Å². The first-order valence-electron chi connectivity index (χ1n) is 10.8. The lowest BCUT2D eigenvalue weighted by molar-refractivity contribution is 0.0560. The Morgan fingerprint density at radius 2 is 1.76 bits per heavy atom. The number of carbonyl (C=O) groups excluding carboxylic acids is 2. The van der Waals surface area contributed by atoms with Crippen molar-refractivity contribution in [1.82, 2.24) is 14.8 Å². The second-order valence-electron chi connectivity index (χ2n) is 7.80. The number of fused-ring (bicyclic) bond motifs is 1. The van der Waals surface area contributed by atoms with Gasteiger partial charge in [0.25, 0.3) is 5.91 Å². The van der Waals surface area contributed by atoms with Crippen molar-refractivity contribution < 1.29 is 14.3 Å². The highest BCUT2D eigenvalue weighted by Crippen LogP contribution is 2.29.